The molecule has 0 saturated heterocycles. The number of carboxylic acids is 1. The summed E-state index contributed by atoms with van der Waals surface area (Å²) in [5.41, 5.74) is 6.86. The first-order valence-electron chi connectivity index (χ1n) is 4.45. The average Bonchev–Trinajstić information content (AvgIpc) is 2.18. The van der Waals surface area contributed by atoms with Crippen molar-refractivity contribution in [2.24, 2.45) is 5.73 Å². The van der Waals surface area contributed by atoms with Crippen LogP contribution in [0.15, 0.2) is 10.8 Å². The van der Waals surface area contributed by atoms with E-state index in [-0.39, 0.29) is 18.9 Å². The molecule has 82 valence electrons. The standard InChI is InChI=1S/C9H12BrN3O2/c1-5-9(10)12-4-7(13-5)6(3-11)2-8(14)15/h4,6H,2-3,11H2,1H3,(H,14,15). The van der Waals surface area contributed by atoms with Gasteiger partial charge in [-0.2, -0.15) is 0 Å². The Labute approximate surface area is 95.9 Å². The number of nitrogens with two attached hydrogens (primary N) is 1. The first-order chi connectivity index (χ1) is 7.04. The van der Waals surface area contributed by atoms with Crippen LogP contribution in [-0.2, 0) is 4.79 Å². The Balaban J connectivity index is 2.92. The van der Waals surface area contributed by atoms with Crippen molar-refractivity contribution < 1.29 is 9.90 Å². The van der Waals surface area contributed by atoms with E-state index in [1.807, 2.05) is 0 Å². The SMILES string of the molecule is Cc1nc(C(CN)CC(=O)O)cnc1Br. The molecule has 0 radical (unpaired) electrons. The number of aromatic nitrogens is 2. The molecule has 1 aromatic rings. The van der Waals surface area contributed by atoms with Crippen LogP contribution < -0.4 is 5.73 Å². The molecular weight excluding hydrogens is 262 g/mol. The fourth-order valence-electron chi connectivity index (χ4n) is 1.20. The molecular formula is C9H12BrN3O2. The van der Waals surface area contributed by atoms with Crippen LogP contribution in [0.4, 0.5) is 0 Å². The van der Waals surface area contributed by atoms with Gasteiger partial charge >= 0.3 is 5.97 Å². The number of rotatable bonds is 4. The summed E-state index contributed by atoms with van der Waals surface area (Å²) in [7, 11) is 0. The van der Waals surface area contributed by atoms with Gasteiger partial charge in [0.1, 0.15) is 4.60 Å². The van der Waals surface area contributed by atoms with Gasteiger partial charge in [-0.3, -0.25) is 9.78 Å². The molecule has 0 fully saturated rings. The minimum Gasteiger partial charge on any atom is -0.481 e. The summed E-state index contributed by atoms with van der Waals surface area (Å²) in [5, 5.41) is 8.69. The van der Waals surface area contributed by atoms with Gasteiger partial charge in [0.05, 0.1) is 24.0 Å². The summed E-state index contributed by atoms with van der Waals surface area (Å²) in [6.45, 7) is 2.05. The first-order valence-corrected chi connectivity index (χ1v) is 5.24. The summed E-state index contributed by atoms with van der Waals surface area (Å²) in [6.07, 6.45) is 1.53. The van der Waals surface area contributed by atoms with Crippen molar-refractivity contribution >= 4 is 21.9 Å². The van der Waals surface area contributed by atoms with Crippen molar-refractivity contribution in [1.29, 1.82) is 0 Å². The zero-order valence-electron chi connectivity index (χ0n) is 8.27. The summed E-state index contributed by atoms with van der Waals surface area (Å²) < 4.78 is 0.664. The molecule has 1 unspecified atom stereocenters. The number of aryl methyl sites for hydroxylation is 1. The summed E-state index contributed by atoms with van der Waals surface area (Å²) in [6, 6.07) is 0. The van der Waals surface area contributed by atoms with E-state index >= 15 is 0 Å². The van der Waals surface area contributed by atoms with Gasteiger partial charge in [-0.1, -0.05) is 0 Å². The average molecular weight is 274 g/mol. The van der Waals surface area contributed by atoms with Gasteiger partial charge in [0.15, 0.2) is 0 Å². The van der Waals surface area contributed by atoms with E-state index < -0.39 is 5.97 Å². The third-order valence-corrected chi connectivity index (χ3v) is 2.81. The number of aliphatic carboxylic acids is 1. The Bertz CT molecular complexity index is 370. The van der Waals surface area contributed by atoms with Crippen LogP contribution >= 0.6 is 15.9 Å². The third-order valence-electron chi connectivity index (χ3n) is 2.03. The molecule has 5 nitrogen and oxygen atoms in total. The lowest BCUT2D eigenvalue weighted by Gasteiger charge is -2.11. The molecule has 0 aliphatic heterocycles. The van der Waals surface area contributed by atoms with Crippen molar-refractivity contribution in [2.75, 3.05) is 6.54 Å². The first kappa shape index (κ1) is 12.1. The fourth-order valence-corrected chi connectivity index (χ4v) is 1.39. The minimum atomic E-state index is -0.882. The molecule has 0 amide bonds. The lowest BCUT2D eigenvalue weighted by Crippen LogP contribution is -2.18. The molecule has 6 heteroatoms. The molecule has 15 heavy (non-hydrogen) atoms. The molecule has 1 aromatic heterocycles. The second-order valence-corrected chi connectivity index (χ2v) is 3.95. The lowest BCUT2D eigenvalue weighted by atomic mass is 10.0. The number of nitrogens with zero attached hydrogens (tertiary/aromatic N) is 2. The molecule has 0 aliphatic rings. The number of carbonyl (C=O) groups is 1. The van der Waals surface area contributed by atoms with E-state index in [0.29, 0.717) is 10.3 Å². The van der Waals surface area contributed by atoms with Gasteiger partial charge in [0.25, 0.3) is 0 Å². The molecule has 0 bridgehead atoms. The maximum Gasteiger partial charge on any atom is 0.304 e. The topological polar surface area (TPSA) is 89.1 Å². The predicted molar refractivity (Wildman–Crippen MR) is 58.5 cm³/mol. The molecule has 1 rings (SSSR count). The Morgan fingerprint density at radius 2 is 2.40 bits per heavy atom. The van der Waals surface area contributed by atoms with E-state index in [4.69, 9.17) is 10.8 Å². The Morgan fingerprint density at radius 1 is 1.73 bits per heavy atom. The number of hydrogen-bond acceptors (Lipinski definition) is 4. The zero-order valence-corrected chi connectivity index (χ0v) is 9.86. The highest BCUT2D eigenvalue weighted by atomic mass is 79.9. The van der Waals surface area contributed by atoms with Crippen LogP contribution in [0.2, 0.25) is 0 Å². The smallest absolute Gasteiger partial charge is 0.304 e. The highest BCUT2D eigenvalue weighted by molar-refractivity contribution is 9.10. The molecule has 1 atom stereocenters. The monoisotopic (exact) mass is 273 g/mol. The number of halogens is 1. The predicted octanol–water partition coefficient (Wildman–Crippen LogP) is 1.06. The van der Waals surface area contributed by atoms with Gasteiger partial charge in [0.2, 0.25) is 0 Å². The van der Waals surface area contributed by atoms with Crippen molar-refractivity contribution in [1.82, 2.24) is 9.97 Å². The van der Waals surface area contributed by atoms with Gasteiger partial charge in [-0.05, 0) is 22.9 Å². The van der Waals surface area contributed by atoms with Gasteiger partial charge in [0, 0.05) is 12.5 Å². The number of hydrogen-bond donors (Lipinski definition) is 2. The van der Waals surface area contributed by atoms with E-state index in [2.05, 4.69) is 25.9 Å². The summed E-state index contributed by atoms with van der Waals surface area (Å²) >= 11 is 3.23. The van der Waals surface area contributed by atoms with Gasteiger partial charge < -0.3 is 10.8 Å². The molecule has 0 aromatic carbocycles. The van der Waals surface area contributed by atoms with E-state index in [1.165, 1.54) is 0 Å². The Kier molecular flexibility index (Phi) is 4.16. The molecule has 1 heterocycles. The molecule has 0 saturated carbocycles. The van der Waals surface area contributed by atoms with Crippen molar-refractivity contribution in [3.8, 4) is 0 Å². The number of carboxylic acid groups (broad SMARTS) is 1. The zero-order chi connectivity index (χ0) is 11.4. The molecule has 0 spiro atoms. The maximum atomic E-state index is 10.6. The van der Waals surface area contributed by atoms with Gasteiger partial charge in [-0.15, -0.1) is 0 Å². The second kappa shape index (κ2) is 5.18. The van der Waals surface area contributed by atoms with Crippen LogP contribution in [0, 0.1) is 6.92 Å². The maximum absolute atomic E-state index is 10.6. The fraction of sp³-hybridized carbons (Fsp3) is 0.444. The quantitative estimate of drug-likeness (QED) is 0.857. The van der Waals surface area contributed by atoms with Crippen molar-refractivity contribution in [3.63, 3.8) is 0 Å². The normalized spacial score (nSPS) is 12.5. The molecule has 3 N–H and O–H groups in total. The highest BCUT2D eigenvalue weighted by Crippen LogP contribution is 2.18. The van der Waals surface area contributed by atoms with Crippen LogP contribution in [0.5, 0.6) is 0 Å². The Morgan fingerprint density at radius 3 is 2.87 bits per heavy atom. The minimum absolute atomic E-state index is 0.0216. The van der Waals surface area contributed by atoms with Crippen LogP contribution in [0.3, 0.4) is 0 Å². The van der Waals surface area contributed by atoms with E-state index in [0.717, 1.165) is 5.69 Å². The molecule has 0 aliphatic carbocycles. The lowest BCUT2D eigenvalue weighted by molar-refractivity contribution is -0.137. The second-order valence-electron chi connectivity index (χ2n) is 3.20. The largest absolute Gasteiger partial charge is 0.481 e. The highest BCUT2D eigenvalue weighted by Gasteiger charge is 2.16. The summed E-state index contributed by atoms with van der Waals surface area (Å²) in [4.78, 5) is 18.9. The third kappa shape index (κ3) is 3.24. The Hall–Kier alpha value is -1.01. The van der Waals surface area contributed by atoms with E-state index in [1.54, 1.807) is 13.1 Å². The van der Waals surface area contributed by atoms with Gasteiger partial charge in [-0.25, -0.2) is 4.98 Å². The van der Waals surface area contributed by atoms with Crippen molar-refractivity contribution in [2.45, 2.75) is 19.3 Å². The van der Waals surface area contributed by atoms with Crippen LogP contribution in [0.25, 0.3) is 0 Å². The van der Waals surface area contributed by atoms with Crippen LogP contribution in [-0.4, -0.2) is 27.6 Å². The summed E-state index contributed by atoms with van der Waals surface area (Å²) in [5.74, 6) is -1.16. The van der Waals surface area contributed by atoms with Crippen LogP contribution in [0.1, 0.15) is 23.7 Å². The van der Waals surface area contributed by atoms with E-state index in [9.17, 15) is 4.79 Å². The van der Waals surface area contributed by atoms with Crippen molar-refractivity contribution in [3.05, 3.63) is 22.2 Å².